The predicted molar refractivity (Wildman–Crippen MR) is 110 cm³/mol. The first-order chi connectivity index (χ1) is 12.8. The fourth-order valence-corrected chi connectivity index (χ4v) is 4.32. The Morgan fingerprint density at radius 2 is 2.22 bits per heavy atom. The van der Waals surface area contributed by atoms with E-state index in [0.717, 1.165) is 19.5 Å². The van der Waals surface area contributed by atoms with Crippen molar-refractivity contribution >= 4 is 28.8 Å². The number of benzene rings is 1. The summed E-state index contributed by atoms with van der Waals surface area (Å²) in [7, 11) is 1.54. The van der Waals surface area contributed by atoms with Crippen molar-refractivity contribution in [2.24, 2.45) is 4.99 Å². The van der Waals surface area contributed by atoms with E-state index < -0.39 is 0 Å². The number of hydrogen-bond donors (Lipinski definition) is 1. The van der Waals surface area contributed by atoms with Crippen LogP contribution in [0.3, 0.4) is 0 Å². The first-order valence-corrected chi connectivity index (χ1v) is 10.3. The number of methoxy groups -OCH3 is 1. The Hall–Kier alpha value is -1.63. The van der Waals surface area contributed by atoms with E-state index in [1.54, 1.807) is 29.5 Å². The van der Waals surface area contributed by atoms with Gasteiger partial charge in [-0.05, 0) is 43.0 Å². The van der Waals surface area contributed by atoms with Crippen LogP contribution in [0.5, 0.6) is 5.75 Å². The molecule has 1 atom stereocenters. The molecule has 2 aromatic rings. The molecule has 1 aromatic carbocycles. The number of thiazole rings is 1. The van der Waals surface area contributed by atoms with Gasteiger partial charge in [-0.25, -0.2) is 0 Å². The Morgan fingerprint density at radius 3 is 2.85 bits per heavy atom. The molecule has 1 N–H and O–H groups in total. The van der Waals surface area contributed by atoms with E-state index in [1.807, 2.05) is 0 Å². The molecule has 0 bridgehead atoms. The molecule has 0 spiro atoms. The minimum Gasteiger partial charge on any atom is -0.496 e. The van der Waals surface area contributed by atoms with Gasteiger partial charge < -0.3 is 14.6 Å². The molecule has 0 unspecified atom stereocenters. The number of rotatable bonds is 4. The van der Waals surface area contributed by atoms with E-state index in [-0.39, 0.29) is 11.3 Å². The zero-order chi connectivity index (χ0) is 19.6. The lowest BCUT2D eigenvalue weighted by molar-refractivity contribution is 0.0994. The maximum absolute atomic E-state index is 12.9. The van der Waals surface area contributed by atoms with Gasteiger partial charge in [0.25, 0.3) is 5.91 Å². The van der Waals surface area contributed by atoms with Crippen LogP contribution in [0.25, 0.3) is 0 Å². The maximum Gasteiger partial charge on any atom is 0.283 e. The third kappa shape index (κ3) is 4.81. The molecule has 3 rings (SSSR count). The lowest BCUT2D eigenvalue weighted by atomic mass is 9.95. The minimum atomic E-state index is -0.343. The smallest absolute Gasteiger partial charge is 0.283 e. The van der Waals surface area contributed by atoms with Crippen LogP contribution in [0.4, 0.5) is 0 Å². The standard InChI is InChI=1S/C20H26ClN3O2S/c1-20(2,3)17-12-24(11-14-6-5-9-22-14)19(27-17)23-18(25)15-10-13(21)7-8-16(15)26-4/h7-8,10,12,14,22H,5-6,9,11H2,1-4H3/t14-/m0/s1. The summed E-state index contributed by atoms with van der Waals surface area (Å²) in [6.45, 7) is 8.37. The molecule has 7 heteroatoms. The highest BCUT2D eigenvalue weighted by atomic mass is 35.5. The van der Waals surface area contributed by atoms with Crippen LogP contribution in [-0.4, -0.2) is 30.2 Å². The number of nitrogens with zero attached hydrogens (tertiary/aromatic N) is 2. The quantitative estimate of drug-likeness (QED) is 0.833. The predicted octanol–water partition coefficient (Wildman–Crippen LogP) is 4.00. The summed E-state index contributed by atoms with van der Waals surface area (Å²) in [6, 6.07) is 5.41. The Bertz CT molecular complexity index is 889. The highest BCUT2D eigenvalue weighted by Gasteiger charge is 2.21. The van der Waals surface area contributed by atoms with Crippen LogP contribution in [-0.2, 0) is 12.0 Å². The second-order valence-electron chi connectivity index (χ2n) is 7.84. The Balaban J connectivity index is 2.02. The number of carbonyl (C=O) groups excluding carboxylic acids is 1. The molecule has 0 saturated carbocycles. The van der Waals surface area contributed by atoms with Gasteiger partial charge in [-0.2, -0.15) is 4.99 Å². The molecular formula is C20H26ClN3O2S. The monoisotopic (exact) mass is 407 g/mol. The van der Waals surface area contributed by atoms with E-state index in [4.69, 9.17) is 16.3 Å². The molecule has 1 amide bonds. The summed E-state index contributed by atoms with van der Waals surface area (Å²) >= 11 is 7.63. The van der Waals surface area contributed by atoms with Gasteiger partial charge in [0.05, 0.1) is 12.7 Å². The van der Waals surface area contributed by atoms with Gasteiger partial charge in [-0.15, -0.1) is 11.3 Å². The van der Waals surface area contributed by atoms with Crippen LogP contribution in [0.2, 0.25) is 5.02 Å². The molecule has 1 aliphatic heterocycles. The lowest BCUT2D eigenvalue weighted by Crippen LogP contribution is -2.30. The van der Waals surface area contributed by atoms with E-state index in [1.165, 1.54) is 18.4 Å². The first-order valence-electron chi connectivity index (χ1n) is 9.14. The molecule has 1 aromatic heterocycles. The van der Waals surface area contributed by atoms with Gasteiger partial charge >= 0.3 is 0 Å². The zero-order valence-electron chi connectivity index (χ0n) is 16.2. The number of nitrogens with one attached hydrogen (secondary N) is 1. The molecule has 1 aliphatic rings. The number of amides is 1. The minimum absolute atomic E-state index is 0.0000832. The zero-order valence-corrected chi connectivity index (χ0v) is 17.8. The van der Waals surface area contributed by atoms with Crippen molar-refractivity contribution in [3.63, 3.8) is 0 Å². The van der Waals surface area contributed by atoms with Crippen molar-refractivity contribution in [3.05, 3.63) is 44.7 Å². The van der Waals surface area contributed by atoms with E-state index in [2.05, 4.69) is 41.8 Å². The fraction of sp³-hybridized carbons (Fsp3) is 0.500. The summed E-state index contributed by atoms with van der Waals surface area (Å²) < 4.78 is 7.40. The van der Waals surface area contributed by atoms with E-state index in [0.29, 0.717) is 27.2 Å². The van der Waals surface area contributed by atoms with Crippen molar-refractivity contribution < 1.29 is 9.53 Å². The largest absolute Gasteiger partial charge is 0.496 e. The molecule has 0 aliphatic carbocycles. The Morgan fingerprint density at radius 1 is 1.44 bits per heavy atom. The van der Waals surface area contributed by atoms with Gasteiger partial charge in [0.1, 0.15) is 5.75 Å². The van der Waals surface area contributed by atoms with Gasteiger partial charge in [-0.1, -0.05) is 32.4 Å². The van der Waals surface area contributed by atoms with Crippen molar-refractivity contribution in [1.29, 1.82) is 0 Å². The van der Waals surface area contributed by atoms with Crippen LogP contribution in [0.1, 0.15) is 48.8 Å². The van der Waals surface area contributed by atoms with Crippen molar-refractivity contribution in [3.8, 4) is 5.75 Å². The SMILES string of the molecule is COc1ccc(Cl)cc1C(=O)N=c1sc(C(C)(C)C)cn1C[C@@H]1CCCN1. The van der Waals surface area contributed by atoms with Gasteiger partial charge in [0.15, 0.2) is 4.80 Å². The maximum atomic E-state index is 12.9. The van der Waals surface area contributed by atoms with Gasteiger partial charge in [-0.3, -0.25) is 4.79 Å². The molecule has 1 fully saturated rings. The molecule has 5 nitrogen and oxygen atoms in total. The number of aromatic nitrogens is 1. The molecular weight excluding hydrogens is 382 g/mol. The number of halogens is 1. The second-order valence-corrected chi connectivity index (χ2v) is 9.28. The summed E-state index contributed by atoms with van der Waals surface area (Å²) in [5.74, 6) is 0.134. The van der Waals surface area contributed by atoms with E-state index in [9.17, 15) is 4.79 Å². The van der Waals surface area contributed by atoms with Crippen LogP contribution in [0.15, 0.2) is 29.4 Å². The molecule has 27 heavy (non-hydrogen) atoms. The average molecular weight is 408 g/mol. The third-order valence-corrected chi connectivity index (χ3v) is 6.31. The summed E-state index contributed by atoms with van der Waals surface area (Å²) in [5.41, 5.74) is 0.376. The molecule has 2 heterocycles. The second kappa shape index (κ2) is 8.17. The molecule has 1 saturated heterocycles. The molecule has 0 radical (unpaired) electrons. The highest BCUT2D eigenvalue weighted by Crippen LogP contribution is 2.26. The van der Waals surface area contributed by atoms with Crippen LogP contribution >= 0.6 is 22.9 Å². The normalized spacial score (nSPS) is 18.1. The Labute approximate surface area is 169 Å². The first kappa shape index (κ1) is 20.1. The van der Waals surface area contributed by atoms with Crippen molar-refractivity contribution in [1.82, 2.24) is 9.88 Å². The van der Waals surface area contributed by atoms with Crippen molar-refractivity contribution in [2.45, 2.75) is 51.6 Å². The summed E-state index contributed by atoms with van der Waals surface area (Å²) in [4.78, 5) is 19.2. The van der Waals surface area contributed by atoms with Crippen molar-refractivity contribution in [2.75, 3.05) is 13.7 Å². The number of carbonyl (C=O) groups is 1. The topological polar surface area (TPSA) is 55.6 Å². The average Bonchev–Trinajstić information content (AvgIpc) is 3.25. The van der Waals surface area contributed by atoms with Crippen LogP contribution < -0.4 is 14.9 Å². The third-order valence-electron chi connectivity index (χ3n) is 4.63. The lowest BCUT2D eigenvalue weighted by Gasteiger charge is -2.15. The fourth-order valence-electron chi connectivity index (χ4n) is 3.09. The van der Waals surface area contributed by atoms with E-state index >= 15 is 0 Å². The van der Waals surface area contributed by atoms with Crippen LogP contribution in [0, 0.1) is 0 Å². The van der Waals surface area contributed by atoms with Gasteiger partial charge in [0, 0.05) is 28.7 Å². The van der Waals surface area contributed by atoms with Gasteiger partial charge in [0.2, 0.25) is 0 Å². The number of ether oxygens (including phenoxy) is 1. The Kier molecular flexibility index (Phi) is 6.08. The molecule has 146 valence electrons. The highest BCUT2D eigenvalue weighted by molar-refractivity contribution is 7.09. The summed E-state index contributed by atoms with van der Waals surface area (Å²) in [5, 5.41) is 4.00. The number of hydrogen-bond acceptors (Lipinski definition) is 4. The summed E-state index contributed by atoms with van der Waals surface area (Å²) in [6.07, 6.45) is 4.46.